The second-order valence-electron chi connectivity index (χ2n) is 3.32. The molecule has 0 amide bonds. The number of hydrogen-bond donors (Lipinski definition) is 0. The lowest BCUT2D eigenvalue weighted by Crippen LogP contribution is -2.10. The van der Waals surface area contributed by atoms with Gasteiger partial charge in [-0.25, -0.2) is 0 Å². The zero-order valence-corrected chi connectivity index (χ0v) is 8.78. The lowest BCUT2D eigenvalue weighted by Gasteiger charge is -2.13. The third-order valence-corrected chi connectivity index (χ3v) is 2.00. The van der Waals surface area contributed by atoms with Crippen LogP contribution in [0.25, 0.3) is 0 Å². The van der Waals surface area contributed by atoms with Gasteiger partial charge >= 0.3 is 5.97 Å². The number of hydrogen-bond acceptors (Lipinski definition) is 3. The molecule has 0 aliphatic carbocycles. The molecule has 0 saturated heterocycles. The molecule has 1 rings (SSSR count). The van der Waals surface area contributed by atoms with E-state index in [0.29, 0.717) is 6.42 Å². The predicted octanol–water partition coefficient (Wildman–Crippen LogP) is 1.47. The van der Waals surface area contributed by atoms with E-state index < -0.39 is 0 Å². The summed E-state index contributed by atoms with van der Waals surface area (Å²) in [5, 5.41) is 0. The molecule has 0 atom stereocenters. The van der Waals surface area contributed by atoms with E-state index in [4.69, 9.17) is 0 Å². The first-order valence-electron chi connectivity index (χ1n) is 4.46. The lowest BCUT2D eigenvalue weighted by atomic mass is 10.1. The summed E-state index contributed by atoms with van der Waals surface area (Å²) < 4.78 is 4.60. The van der Waals surface area contributed by atoms with Gasteiger partial charge in [-0.2, -0.15) is 0 Å². The van der Waals surface area contributed by atoms with Crippen molar-refractivity contribution in [2.45, 2.75) is 6.42 Å². The number of ether oxygens (including phenoxy) is 1. The molecule has 0 aliphatic heterocycles. The summed E-state index contributed by atoms with van der Waals surface area (Å²) >= 11 is 0. The Kier molecular flexibility index (Phi) is 3.51. The molecule has 3 heteroatoms. The topological polar surface area (TPSA) is 29.5 Å². The van der Waals surface area contributed by atoms with Crippen LogP contribution in [0.1, 0.15) is 5.56 Å². The molecule has 0 saturated carbocycles. The van der Waals surface area contributed by atoms with Crippen molar-refractivity contribution in [2.24, 2.45) is 0 Å². The van der Waals surface area contributed by atoms with Crippen molar-refractivity contribution in [3.63, 3.8) is 0 Å². The molecule has 0 bridgehead atoms. The average Bonchev–Trinajstić information content (AvgIpc) is 2.18. The van der Waals surface area contributed by atoms with Crippen molar-refractivity contribution in [3.05, 3.63) is 29.8 Å². The maximum absolute atomic E-state index is 11.0. The number of nitrogens with zero attached hydrogens (tertiary/aromatic N) is 1. The van der Waals surface area contributed by atoms with Crippen molar-refractivity contribution < 1.29 is 9.53 Å². The van der Waals surface area contributed by atoms with E-state index in [1.54, 1.807) is 0 Å². The number of carbonyl (C=O) groups excluding carboxylic acids is 1. The quantitative estimate of drug-likeness (QED) is 0.681. The van der Waals surface area contributed by atoms with Crippen molar-refractivity contribution in [3.8, 4) is 0 Å². The highest BCUT2D eigenvalue weighted by molar-refractivity contribution is 5.72. The SMILES string of the molecule is COC(=O)Cc1cccc(N(C)C)c1. The molecular formula is C11H15NO2. The minimum Gasteiger partial charge on any atom is -0.469 e. The van der Waals surface area contributed by atoms with Gasteiger partial charge in [-0.3, -0.25) is 4.79 Å². The molecule has 0 fully saturated rings. The Morgan fingerprint density at radius 1 is 1.43 bits per heavy atom. The second-order valence-corrected chi connectivity index (χ2v) is 3.32. The minimum absolute atomic E-state index is 0.207. The molecule has 14 heavy (non-hydrogen) atoms. The molecule has 0 radical (unpaired) electrons. The Morgan fingerprint density at radius 3 is 2.71 bits per heavy atom. The second kappa shape index (κ2) is 4.65. The first kappa shape index (κ1) is 10.6. The van der Waals surface area contributed by atoms with Gasteiger partial charge in [0.25, 0.3) is 0 Å². The molecule has 3 nitrogen and oxygen atoms in total. The van der Waals surface area contributed by atoms with Crippen LogP contribution in [0.2, 0.25) is 0 Å². The molecule has 1 aromatic rings. The van der Waals surface area contributed by atoms with Gasteiger partial charge in [-0.1, -0.05) is 12.1 Å². The summed E-state index contributed by atoms with van der Waals surface area (Å²) in [6.45, 7) is 0. The third-order valence-electron chi connectivity index (χ3n) is 2.00. The van der Waals surface area contributed by atoms with Crippen LogP contribution in [-0.2, 0) is 16.0 Å². The smallest absolute Gasteiger partial charge is 0.309 e. The van der Waals surface area contributed by atoms with Gasteiger partial charge in [0.2, 0.25) is 0 Å². The van der Waals surface area contributed by atoms with Crippen LogP contribution in [0, 0.1) is 0 Å². The summed E-state index contributed by atoms with van der Waals surface area (Å²) in [4.78, 5) is 13.0. The highest BCUT2D eigenvalue weighted by atomic mass is 16.5. The molecule has 76 valence electrons. The van der Waals surface area contributed by atoms with Crippen LogP contribution in [0.4, 0.5) is 5.69 Å². The van der Waals surface area contributed by atoms with E-state index in [0.717, 1.165) is 11.3 Å². The Hall–Kier alpha value is -1.51. The summed E-state index contributed by atoms with van der Waals surface area (Å²) in [6.07, 6.45) is 0.332. The van der Waals surface area contributed by atoms with E-state index in [1.807, 2.05) is 43.3 Å². The molecule has 0 unspecified atom stereocenters. The van der Waals surface area contributed by atoms with Gasteiger partial charge in [0, 0.05) is 19.8 Å². The van der Waals surface area contributed by atoms with Crippen molar-refractivity contribution in [2.75, 3.05) is 26.1 Å². The first-order valence-corrected chi connectivity index (χ1v) is 4.46. The third kappa shape index (κ3) is 2.76. The fourth-order valence-corrected chi connectivity index (χ4v) is 1.18. The maximum atomic E-state index is 11.0. The molecule has 0 N–H and O–H groups in total. The zero-order chi connectivity index (χ0) is 10.6. The Morgan fingerprint density at radius 2 is 2.14 bits per heavy atom. The lowest BCUT2D eigenvalue weighted by molar-refractivity contribution is -0.139. The summed E-state index contributed by atoms with van der Waals surface area (Å²) in [5.74, 6) is -0.207. The monoisotopic (exact) mass is 193 g/mol. The highest BCUT2D eigenvalue weighted by Gasteiger charge is 2.03. The number of benzene rings is 1. The Balaban J connectivity index is 2.78. The first-order chi connectivity index (χ1) is 6.63. The van der Waals surface area contributed by atoms with Crippen molar-refractivity contribution >= 4 is 11.7 Å². The van der Waals surface area contributed by atoms with Crippen molar-refractivity contribution in [1.82, 2.24) is 0 Å². The van der Waals surface area contributed by atoms with E-state index in [-0.39, 0.29) is 5.97 Å². The van der Waals surface area contributed by atoms with Crippen LogP contribution >= 0.6 is 0 Å². The van der Waals surface area contributed by atoms with Gasteiger partial charge in [0.1, 0.15) is 0 Å². The van der Waals surface area contributed by atoms with Gasteiger partial charge in [-0.05, 0) is 17.7 Å². The zero-order valence-electron chi connectivity index (χ0n) is 8.78. The van der Waals surface area contributed by atoms with Crippen molar-refractivity contribution in [1.29, 1.82) is 0 Å². The molecule has 0 heterocycles. The number of esters is 1. The van der Waals surface area contributed by atoms with Gasteiger partial charge in [0.05, 0.1) is 13.5 Å². The largest absolute Gasteiger partial charge is 0.469 e. The van der Waals surface area contributed by atoms with E-state index in [1.165, 1.54) is 7.11 Å². The van der Waals surface area contributed by atoms with Crippen LogP contribution in [0.15, 0.2) is 24.3 Å². The molecular weight excluding hydrogens is 178 g/mol. The highest BCUT2D eigenvalue weighted by Crippen LogP contribution is 2.13. The van der Waals surface area contributed by atoms with Crippen LogP contribution in [0.3, 0.4) is 0 Å². The standard InChI is InChI=1S/C11H15NO2/c1-12(2)10-6-4-5-9(7-10)8-11(13)14-3/h4-7H,8H2,1-3H3. The van der Waals surface area contributed by atoms with Gasteiger partial charge < -0.3 is 9.64 Å². The normalized spacial score (nSPS) is 9.64. The molecule has 0 spiro atoms. The number of rotatable bonds is 3. The molecule has 0 aromatic heterocycles. The number of anilines is 1. The summed E-state index contributed by atoms with van der Waals surface area (Å²) in [6, 6.07) is 7.84. The summed E-state index contributed by atoms with van der Waals surface area (Å²) in [7, 11) is 5.34. The van der Waals surface area contributed by atoms with Gasteiger partial charge in [0.15, 0.2) is 0 Å². The van der Waals surface area contributed by atoms with Crippen LogP contribution in [0.5, 0.6) is 0 Å². The number of methoxy groups -OCH3 is 1. The number of carbonyl (C=O) groups is 1. The average molecular weight is 193 g/mol. The molecule has 0 aliphatic rings. The fraction of sp³-hybridized carbons (Fsp3) is 0.364. The van der Waals surface area contributed by atoms with Crippen LogP contribution < -0.4 is 4.90 Å². The van der Waals surface area contributed by atoms with Crippen LogP contribution in [-0.4, -0.2) is 27.2 Å². The minimum atomic E-state index is -0.207. The Bertz CT molecular complexity index is 321. The summed E-state index contributed by atoms with van der Waals surface area (Å²) in [5.41, 5.74) is 2.06. The molecule has 1 aromatic carbocycles. The van der Waals surface area contributed by atoms with E-state index in [2.05, 4.69) is 4.74 Å². The fourth-order valence-electron chi connectivity index (χ4n) is 1.18. The predicted molar refractivity (Wildman–Crippen MR) is 56.5 cm³/mol. The van der Waals surface area contributed by atoms with E-state index >= 15 is 0 Å². The Labute approximate surface area is 84.3 Å². The maximum Gasteiger partial charge on any atom is 0.309 e. The van der Waals surface area contributed by atoms with Gasteiger partial charge in [-0.15, -0.1) is 0 Å². The van der Waals surface area contributed by atoms with E-state index in [9.17, 15) is 4.79 Å².